The molecule has 0 unspecified atom stereocenters. The van der Waals surface area contributed by atoms with Gasteiger partial charge < -0.3 is 4.74 Å². The molecule has 34 heavy (non-hydrogen) atoms. The number of fused-ring (bicyclic) bond motifs is 3. The summed E-state index contributed by atoms with van der Waals surface area (Å²) in [5.74, 6) is 1.18. The van der Waals surface area contributed by atoms with Crippen LogP contribution in [0.3, 0.4) is 0 Å². The van der Waals surface area contributed by atoms with Gasteiger partial charge in [0.25, 0.3) is 11.4 Å². The van der Waals surface area contributed by atoms with Crippen molar-refractivity contribution in [2.75, 3.05) is 18.1 Å². The van der Waals surface area contributed by atoms with Gasteiger partial charge in [0.15, 0.2) is 0 Å². The molecule has 0 atom stereocenters. The normalized spacial score (nSPS) is 15.9. The highest BCUT2D eigenvalue weighted by Gasteiger charge is 2.37. The topological polar surface area (TPSA) is 113 Å². The van der Waals surface area contributed by atoms with E-state index in [0.717, 1.165) is 22.2 Å². The van der Waals surface area contributed by atoms with E-state index < -0.39 is 15.8 Å². The van der Waals surface area contributed by atoms with Crippen LogP contribution in [0, 0.1) is 20.2 Å². The first-order chi connectivity index (χ1) is 16.4. The Morgan fingerprint density at radius 2 is 1.65 bits per heavy atom. The second-order valence-corrected chi connectivity index (χ2v) is 11.3. The molecule has 0 N–H and O–H groups in total. The minimum absolute atomic E-state index is 0.0738. The van der Waals surface area contributed by atoms with Gasteiger partial charge in [-0.25, -0.2) is 4.79 Å². The van der Waals surface area contributed by atoms with Crippen LogP contribution in [-0.2, 0) is 4.74 Å². The molecule has 1 aliphatic carbocycles. The van der Waals surface area contributed by atoms with Gasteiger partial charge in [0.05, 0.1) is 26.3 Å². The average Bonchev–Trinajstić information content (AvgIpc) is 3.49. The molecule has 0 aromatic heterocycles. The minimum Gasteiger partial charge on any atom is -0.462 e. The Balaban J connectivity index is 1.73. The molecule has 0 spiro atoms. The lowest BCUT2D eigenvalue weighted by Gasteiger charge is -2.11. The van der Waals surface area contributed by atoms with Crippen LogP contribution in [0.1, 0.15) is 41.3 Å². The number of non-ortho nitro benzene ring substituents is 2. The molecule has 5 rings (SSSR count). The van der Waals surface area contributed by atoms with Crippen LogP contribution in [0.2, 0.25) is 0 Å². The fourth-order valence-electron chi connectivity index (χ4n) is 4.12. The second-order valence-electron chi connectivity index (χ2n) is 7.86. The molecule has 0 saturated heterocycles. The molecule has 2 aromatic rings. The van der Waals surface area contributed by atoms with Crippen molar-refractivity contribution < 1.29 is 19.4 Å². The molecule has 0 bridgehead atoms. The molecule has 0 fully saturated rings. The van der Waals surface area contributed by atoms with Crippen molar-refractivity contribution in [2.24, 2.45) is 0 Å². The quantitative estimate of drug-likeness (QED) is 0.155. The van der Waals surface area contributed by atoms with Gasteiger partial charge in [-0.3, -0.25) is 20.2 Å². The lowest BCUT2D eigenvalue weighted by Crippen LogP contribution is -2.09. The van der Waals surface area contributed by atoms with Gasteiger partial charge in [-0.1, -0.05) is 36.9 Å². The molecule has 2 heterocycles. The summed E-state index contributed by atoms with van der Waals surface area (Å²) < 4.78 is 6.35. The third kappa shape index (κ3) is 3.91. The van der Waals surface area contributed by atoms with Gasteiger partial charge in [-0.2, -0.15) is 11.8 Å². The van der Waals surface area contributed by atoms with Crippen LogP contribution in [0.5, 0.6) is 0 Å². The van der Waals surface area contributed by atoms with Crippen molar-refractivity contribution in [2.45, 2.75) is 19.8 Å². The third-order valence-electron chi connectivity index (χ3n) is 5.72. The summed E-state index contributed by atoms with van der Waals surface area (Å²) in [4.78, 5) is 37.9. The SMILES string of the molecule is CCCCOC(=O)c1cc([N+](=O)[O-])cc2c1-c1ccc([N+](=O)[O-])cc1C2=C1SC2=C(CSC2)S1. The van der Waals surface area contributed by atoms with Gasteiger partial charge in [0, 0.05) is 56.7 Å². The van der Waals surface area contributed by atoms with Crippen LogP contribution >= 0.6 is 35.3 Å². The number of nitro groups is 2. The first-order valence-corrected chi connectivity index (χ1v) is 13.4. The highest BCUT2D eigenvalue weighted by molar-refractivity contribution is 8.30. The first-order valence-electron chi connectivity index (χ1n) is 10.6. The van der Waals surface area contributed by atoms with Crippen molar-refractivity contribution in [1.29, 1.82) is 0 Å². The Morgan fingerprint density at radius 1 is 0.971 bits per heavy atom. The van der Waals surface area contributed by atoms with E-state index in [9.17, 15) is 25.0 Å². The van der Waals surface area contributed by atoms with Crippen molar-refractivity contribution >= 4 is 58.2 Å². The summed E-state index contributed by atoms with van der Waals surface area (Å²) in [5, 5.41) is 23.3. The Kier molecular flexibility index (Phi) is 6.17. The van der Waals surface area contributed by atoms with E-state index in [1.54, 1.807) is 29.6 Å². The largest absolute Gasteiger partial charge is 0.462 e. The molecule has 3 aliphatic rings. The summed E-state index contributed by atoms with van der Waals surface area (Å²) >= 11 is 5.05. The van der Waals surface area contributed by atoms with E-state index in [1.165, 1.54) is 34.1 Å². The van der Waals surface area contributed by atoms with Crippen molar-refractivity contribution in [3.05, 3.63) is 81.3 Å². The molecular formula is C23H18N2O6S3. The number of hydrogen-bond acceptors (Lipinski definition) is 9. The number of rotatable bonds is 6. The predicted octanol–water partition coefficient (Wildman–Crippen LogP) is 6.60. The van der Waals surface area contributed by atoms with Gasteiger partial charge in [-0.15, -0.1) is 0 Å². The van der Waals surface area contributed by atoms with Gasteiger partial charge in [0.1, 0.15) is 0 Å². The molecule has 0 amide bonds. The summed E-state index contributed by atoms with van der Waals surface area (Å²) in [5.41, 5.74) is 2.84. The van der Waals surface area contributed by atoms with Crippen molar-refractivity contribution in [3.63, 3.8) is 0 Å². The smallest absolute Gasteiger partial charge is 0.339 e. The Morgan fingerprint density at radius 3 is 2.29 bits per heavy atom. The van der Waals surface area contributed by atoms with Crippen LogP contribution in [0.25, 0.3) is 16.7 Å². The highest BCUT2D eigenvalue weighted by atomic mass is 32.2. The molecule has 11 heteroatoms. The molecular weight excluding hydrogens is 496 g/mol. The van der Waals surface area contributed by atoms with E-state index in [-0.39, 0.29) is 23.5 Å². The lowest BCUT2D eigenvalue weighted by atomic mass is 9.98. The van der Waals surface area contributed by atoms with Crippen LogP contribution in [0.15, 0.2) is 44.4 Å². The zero-order valence-electron chi connectivity index (χ0n) is 18.0. The zero-order valence-corrected chi connectivity index (χ0v) is 20.4. The van der Waals surface area contributed by atoms with E-state index in [0.29, 0.717) is 34.2 Å². The fraction of sp³-hybridized carbons (Fsp3) is 0.261. The third-order valence-corrected chi connectivity index (χ3v) is 9.75. The Bertz CT molecular complexity index is 1320. The first kappa shape index (κ1) is 23.0. The standard InChI is InChI=1S/C23H18N2O6S3/c1-2-3-6-31-22(26)17-9-13(25(29)30)8-16-20(17)14-5-4-12(24(27)28)7-15(14)21(16)23-33-18-10-32-11-19(18)34-23/h4-5,7-9H,2-3,6,10-11H2,1H3. The monoisotopic (exact) mass is 514 g/mol. The van der Waals surface area contributed by atoms with Crippen LogP contribution in [-0.4, -0.2) is 33.9 Å². The summed E-state index contributed by atoms with van der Waals surface area (Å²) in [6.45, 7) is 2.19. The molecule has 0 radical (unpaired) electrons. The maximum absolute atomic E-state index is 13.0. The molecule has 0 saturated carbocycles. The van der Waals surface area contributed by atoms with E-state index in [1.807, 2.05) is 18.7 Å². The number of nitrogens with zero attached hydrogens (tertiary/aromatic N) is 2. The maximum Gasteiger partial charge on any atom is 0.339 e. The fourth-order valence-corrected chi connectivity index (χ4v) is 8.58. The molecule has 2 aliphatic heterocycles. The Hall–Kier alpha value is -2.76. The number of nitro benzene ring substituents is 2. The predicted molar refractivity (Wildman–Crippen MR) is 136 cm³/mol. The molecule has 174 valence electrons. The maximum atomic E-state index is 13.0. The lowest BCUT2D eigenvalue weighted by molar-refractivity contribution is -0.385. The number of esters is 1. The summed E-state index contributed by atoms with van der Waals surface area (Å²) in [6, 6.07) is 7.22. The number of hydrogen-bond donors (Lipinski definition) is 0. The van der Waals surface area contributed by atoms with Crippen molar-refractivity contribution in [3.8, 4) is 11.1 Å². The van der Waals surface area contributed by atoms with Gasteiger partial charge >= 0.3 is 5.97 Å². The number of thioether (sulfide) groups is 3. The number of carbonyl (C=O) groups excluding carboxylic acids is 1. The number of benzene rings is 2. The zero-order chi connectivity index (χ0) is 24.0. The van der Waals surface area contributed by atoms with E-state index in [2.05, 4.69) is 0 Å². The highest BCUT2D eigenvalue weighted by Crippen LogP contribution is 2.60. The van der Waals surface area contributed by atoms with Crippen LogP contribution in [0.4, 0.5) is 11.4 Å². The second kappa shape index (κ2) is 9.12. The average molecular weight is 515 g/mol. The number of unbranched alkanes of at least 4 members (excludes halogenated alkanes) is 1. The van der Waals surface area contributed by atoms with Crippen LogP contribution < -0.4 is 0 Å². The number of carbonyl (C=O) groups is 1. The van der Waals surface area contributed by atoms with Crippen molar-refractivity contribution in [1.82, 2.24) is 0 Å². The van der Waals surface area contributed by atoms with Gasteiger partial charge in [0.2, 0.25) is 0 Å². The summed E-state index contributed by atoms with van der Waals surface area (Å²) in [6.07, 6.45) is 1.52. The Labute approximate surface area is 207 Å². The van der Waals surface area contributed by atoms with E-state index >= 15 is 0 Å². The summed E-state index contributed by atoms with van der Waals surface area (Å²) in [7, 11) is 0. The number of ether oxygens (including phenoxy) is 1. The molecule has 2 aromatic carbocycles. The van der Waals surface area contributed by atoms with E-state index in [4.69, 9.17) is 4.74 Å². The van der Waals surface area contributed by atoms with Gasteiger partial charge in [-0.05, 0) is 29.2 Å². The molecule has 8 nitrogen and oxygen atoms in total. The minimum atomic E-state index is -0.632.